The van der Waals surface area contributed by atoms with E-state index in [1.807, 2.05) is 37.2 Å². The Morgan fingerprint density at radius 3 is 2.63 bits per heavy atom. The summed E-state index contributed by atoms with van der Waals surface area (Å²) in [6, 6.07) is 5.53. The third-order valence-corrected chi connectivity index (χ3v) is 2.56. The number of methoxy groups -OCH3 is 2. The number of benzene rings is 1. The Kier molecular flexibility index (Phi) is 4.01. The van der Waals surface area contributed by atoms with E-state index in [1.165, 1.54) is 0 Å². The highest BCUT2D eigenvalue weighted by atomic mass is 16.5. The Bertz CT molecular complexity index is 552. The van der Waals surface area contributed by atoms with Crippen molar-refractivity contribution in [3.63, 3.8) is 0 Å². The highest BCUT2D eigenvalue weighted by molar-refractivity contribution is 5.67. The molecular formula is C13H17N3O3. The number of rotatable bonds is 5. The number of nitrogens with zero attached hydrogens (tertiary/aromatic N) is 3. The van der Waals surface area contributed by atoms with Gasteiger partial charge in [-0.1, -0.05) is 11.2 Å². The van der Waals surface area contributed by atoms with Gasteiger partial charge in [0, 0.05) is 0 Å². The Morgan fingerprint density at radius 2 is 2.00 bits per heavy atom. The van der Waals surface area contributed by atoms with Crippen molar-refractivity contribution in [1.82, 2.24) is 15.0 Å². The van der Waals surface area contributed by atoms with Crippen LogP contribution in [-0.2, 0) is 6.54 Å². The predicted molar refractivity (Wildman–Crippen MR) is 70.2 cm³/mol. The van der Waals surface area contributed by atoms with Crippen molar-refractivity contribution in [3.05, 3.63) is 24.0 Å². The molecule has 0 radical (unpaired) electrons. The lowest BCUT2D eigenvalue weighted by Crippen LogP contribution is -2.11. The SMILES string of the molecule is COc1cccc(-c2nc(CN(C)C)no2)c1OC. The van der Waals surface area contributed by atoms with Gasteiger partial charge in [0.1, 0.15) is 0 Å². The van der Waals surface area contributed by atoms with Gasteiger partial charge in [-0.15, -0.1) is 0 Å². The van der Waals surface area contributed by atoms with Crippen LogP contribution < -0.4 is 9.47 Å². The average molecular weight is 263 g/mol. The van der Waals surface area contributed by atoms with Crippen molar-refractivity contribution in [2.45, 2.75) is 6.54 Å². The van der Waals surface area contributed by atoms with E-state index in [9.17, 15) is 0 Å². The van der Waals surface area contributed by atoms with Crippen LogP contribution in [0.2, 0.25) is 0 Å². The summed E-state index contributed by atoms with van der Waals surface area (Å²) in [5.74, 6) is 2.27. The van der Waals surface area contributed by atoms with Gasteiger partial charge in [-0.25, -0.2) is 0 Å². The minimum atomic E-state index is 0.424. The highest BCUT2D eigenvalue weighted by Crippen LogP contribution is 2.36. The van der Waals surface area contributed by atoms with Crippen molar-refractivity contribution in [2.24, 2.45) is 0 Å². The molecule has 0 spiro atoms. The molecule has 0 aliphatic rings. The fraction of sp³-hybridized carbons (Fsp3) is 0.385. The summed E-state index contributed by atoms with van der Waals surface area (Å²) >= 11 is 0. The largest absolute Gasteiger partial charge is 0.493 e. The van der Waals surface area contributed by atoms with Gasteiger partial charge in [-0.05, 0) is 26.2 Å². The summed E-state index contributed by atoms with van der Waals surface area (Å²) in [4.78, 5) is 6.32. The van der Waals surface area contributed by atoms with E-state index >= 15 is 0 Å². The van der Waals surface area contributed by atoms with Crippen molar-refractivity contribution in [2.75, 3.05) is 28.3 Å². The Morgan fingerprint density at radius 1 is 1.21 bits per heavy atom. The first-order valence-electron chi connectivity index (χ1n) is 5.84. The molecule has 0 saturated carbocycles. The first-order chi connectivity index (χ1) is 9.15. The van der Waals surface area contributed by atoms with Crippen LogP contribution in [0.15, 0.2) is 22.7 Å². The average Bonchev–Trinajstić information content (AvgIpc) is 2.85. The third kappa shape index (κ3) is 2.85. The molecule has 6 heteroatoms. The molecule has 19 heavy (non-hydrogen) atoms. The zero-order valence-electron chi connectivity index (χ0n) is 11.5. The molecule has 0 atom stereocenters. The first kappa shape index (κ1) is 13.4. The summed E-state index contributed by atoms with van der Waals surface area (Å²) in [6.07, 6.45) is 0. The molecule has 0 bridgehead atoms. The molecule has 0 aliphatic heterocycles. The van der Waals surface area contributed by atoms with Crippen molar-refractivity contribution in [3.8, 4) is 23.0 Å². The van der Waals surface area contributed by atoms with Crippen LogP contribution >= 0.6 is 0 Å². The molecule has 102 valence electrons. The molecular weight excluding hydrogens is 246 g/mol. The zero-order valence-corrected chi connectivity index (χ0v) is 11.5. The molecule has 1 aromatic heterocycles. The molecule has 1 aromatic carbocycles. The number of hydrogen-bond acceptors (Lipinski definition) is 6. The van der Waals surface area contributed by atoms with Crippen molar-refractivity contribution >= 4 is 0 Å². The number of aromatic nitrogens is 2. The molecule has 0 unspecified atom stereocenters. The second-order valence-electron chi connectivity index (χ2n) is 4.29. The molecule has 0 aliphatic carbocycles. The molecule has 1 heterocycles. The quantitative estimate of drug-likeness (QED) is 0.820. The van der Waals surface area contributed by atoms with E-state index in [0.717, 1.165) is 5.56 Å². The highest BCUT2D eigenvalue weighted by Gasteiger charge is 2.17. The van der Waals surface area contributed by atoms with Gasteiger partial charge in [-0.3, -0.25) is 0 Å². The van der Waals surface area contributed by atoms with Crippen molar-refractivity contribution < 1.29 is 14.0 Å². The standard InChI is InChI=1S/C13H17N3O3/c1-16(2)8-11-14-13(19-15-11)9-6-5-7-10(17-3)12(9)18-4/h5-7H,8H2,1-4H3. The van der Waals surface area contributed by atoms with Gasteiger partial charge in [0.2, 0.25) is 0 Å². The fourth-order valence-corrected chi connectivity index (χ4v) is 1.77. The molecule has 0 amide bonds. The summed E-state index contributed by atoms with van der Waals surface area (Å²) in [5, 5.41) is 3.94. The molecule has 2 aromatic rings. The second-order valence-corrected chi connectivity index (χ2v) is 4.29. The minimum absolute atomic E-state index is 0.424. The smallest absolute Gasteiger partial charge is 0.261 e. The van der Waals surface area contributed by atoms with E-state index in [4.69, 9.17) is 14.0 Å². The van der Waals surface area contributed by atoms with Gasteiger partial charge in [-0.2, -0.15) is 4.98 Å². The van der Waals surface area contributed by atoms with Crippen LogP contribution in [0.3, 0.4) is 0 Å². The maximum Gasteiger partial charge on any atom is 0.261 e. The van der Waals surface area contributed by atoms with Crippen molar-refractivity contribution in [1.29, 1.82) is 0 Å². The van der Waals surface area contributed by atoms with E-state index in [1.54, 1.807) is 14.2 Å². The normalized spacial score (nSPS) is 10.8. The van der Waals surface area contributed by atoms with Crippen LogP contribution in [0, 0.1) is 0 Å². The molecule has 2 rings (SSSR count). The number of ether oxygens (including phenoxy) is 2. The van der Waals surface area contributed by atoms with Gasteiger partial charge in [0.15, 0.2) is 17.3 Å². The van der Waals surface area contributed by atoms with Gasteiger partial charge in [0.05, 0.1) is 26.3 Å². The van der Waals surface area contributed by atoms with Gasteiger partial charge < -0.3 is 18.9 Å². The number of para-hydroxylation sites is 1. The summed E-state index contributed by atoms with van der Waals surface area (Å²) in [6.45, 7) is 0.621. The lowest BCUT2D eigenvalue weighted by atomic mass is 10.2. The Labute approximate surface area is 111 Å². The van der Waals surface area contributed by atoms with Gasteiger partial charge in [0.25, 0.3) is 5.89 Å². The minimum Gasteiger partial charge on any atom is -0.493 e. The van der Waals surface area contributed by atoms with Crippen LogP contribution in [0.5, 0.6) is 11.5 Å². The van der Waals surface area contributed by atoms with Crippen LogP contribution in [0.25, 0.3) is 11.5 Å². The first-order valence-corrected chi connectivity index (χ1v) is 5.84. The maximum atomic E-state index is 5.35. The summed E-state index contributed by atoms with van der Waals surface area (Å²) < 4.78 is 15.9. The Hall–Kier alpha value is -2.08. The van der Waals surface area contributed by atoms with Crippen LogP contribution in [-0.4, -0.2) is 43.4 Å². The topological polar surface area (TPSA) is 60.6 Å². The predicted octanol–water partition coefficient (Wildman–Crippen LogP) is 1.82. The molecule has 0 N–H and O–H groups in total. The zero-order chi connectivity index (χ0) is 13.8. The van der Waals surface area contributed by atoms with Crippen LogP contribution in [0.4, 0.5) is 0 Å². The maximum absolute atomic E-state index is 5.35. The van der Waals surface area contributed by atoms with Gasteiger partial charge >= 0.3 is 0 Å². The second kappa shape index (κ2) is 5.71. The summed E-state index contributed by atoms with van der Waals surface area (Å²) in [5.41, 5.74) is 0.722. The summed E-state index contributed by atoms with van der Waals surface area (Å²) in [7, 11) is 7.07. The molecule has 0 fully saturated rings. The lowest BCUT2D eigenvalue weighted by molar-refractivity contribution is 0.351. The molecule has 6 nitrogen and oxygen atoms in total. The monoisotopic (exact) mass is 263 g/mol. The van der Waals surface area contributed by atoms with Crippen LogP contribution in [0.1, 0.15) is 5.82 Å². The van der Waals surface area contributed by atoms with E-state index in [0.29, 0.717) is 29.8 Å². The lowest BCUT2D eigenvalue weighted by Gasteiger charge is -2.09. The van der Waals surface area contributed by atoms with E-state index < -0.39 is 0 Å². The van der Waals surface area contributed by atoms with E-state index in [-0.39, 0.29) is 0 Å². The molecule has 0 saturated heterocycles. The fourth-order valence-electron chi connectivity index (χ4n) is 1.77. The van der Waals surface area contributed by atoms with E-state index in [2.05, 4.69) is 10.1 Å². The third-order valence-electron chi connectivity index (χ3n) is 2.56. The Balaban J connectivity index is 2.38. The number of hydrogen-bond donors (Lipinski definition) is 0.